The highest BCUT2D eigenvalue weighted by molar-refractivity contribution is 6.15. The average molecular weight is 383 g/mol. The lowest BCUT2D eigenvalue weighted by Crippen LogP contribution is -3.12. The van der Waals surface area contributed by atoms with Crippen molar-refractivity contribution in [2.45, 2.75) is 6.54 Å². The Morgan fingerprint density at radius 2 is 1.86 bits per heavy atom. The number of ketones is 1. The van der Waals surface area contributed by atoms with Gasteiger partial charge in [-0.2, -0.15) is 0 Å². The van der Waals surface area contributed by atoms with Gasteiger partial charge in [0, 0.05) is 12.1 Å². The number of Topliss-reactive ketones (excluding diaryl/α,β-unsaturated/α-hetero) is 1. The van der Waals surface area contributed by atoms with Crippen LogP contribution in [0.5, 0.6) is 11.5 Å². The molecule has 0 spiro atoms. The van der Waals surface area contributed by atoms with Crippen LogP contribution in [0.2, 0.25) is 0 Å². The van der Waals surface area contributed by atoms with Gasteiger partial charge in [-0.1, -0.05) is 0 Å². The lowest BCUT2D eigenvalue weighted by Gasteiger charge is -2.24. The number of quaternary nitrogens is 1. The van der Waals surface area contributed by atoms with Gasteiger partial charge >= 0.3 is 0 Å². The Bertz CT molecular complexity index is 961. The summed E-state index contributed by atoms with van der Waals surface area (Å²) in [7, 11) is 0. The van der Waals surface area contributed by atoms with E-state index >= 15 is 0 Å². The number of nitro benzene ring substituents is 1. The van der Waals surface area contributed by atoms with Crippen molar-refractivity contribution in [2.75, 3.05) is 26.3 Å². The molecule has 8 heteroatoms. The molecule has 2 heterocycles. The molecule has 0 aromatic heterocycles. The number of nitrogens with one attached hydrogen (secondary N) is 1. The standard InChI is InChI=1S/C20H18N2O6/c23-17-6-5-15-19(24)18(11-13-1-3-14(4-2-13)22(25)26)28-20(15)16(17)12-21-7-9-27-10-8-21/h1-6,11,23H,7-10,12H2/p+1/b18-11-. The van der Waals surface area contributed by atoms with E-state index < -0.39 is 4.92 Å². The summed E-state index contributed by atoms with van der Waals surface area (Å²) in [6.45, 7) is 3.51. The van der Waals surface area contributed by atoms with Crippen LogP contribution in [0.25, 0.3) is 6.08 Å². The Morgan fingerprint density at radius 3 is 2.54 bits per heavy atom. The van der Waals surface area contributed by atoms with Crippen molar-refractivity contribution >= 4 is 17.5 Å². The number of rotatable bonds is 4. The fourth-order valence-corrected chi connectivity index (χ4v) is 3.40. The second kappa shape index (κ2) is 7.41. The first-order chi connectivity index (χ1) is 13.5. The van der Waals surface area contributed by atoms with Crippen LogP contribution in [0.15, 0.2) is 42.2 Å². The Labute approximate surface area is 160 Å². The molecule has 2 N–H and O–H groups in total. The zero-order chi connectivity index (χ0) is 19.7. The van der Waals surface area contributed by atoms with Gasteiger partial charge in [0.1, 0.15) is 25.4 Å². The van der Waals surface area contributed by atoms with Gasteiger partial charge in [0.25, 0.3) is 5.69 Å². The summed E-state index contributed by atoms with van der Waals surface area (Å²) < 4.78 is 11.2. The number of nitro groups is 1. The number of carbonyl (C=O) groups excluding carboxylic acids is 1. The Hall–Kier alpha value is -3.23. The SMILES string of the molecule is O=C1/C(=C/c2ccc([N+](=O)[O-])cc2)Oc2c1ccc(O)c2C[NH+]1CCOCC1. The van der Waals surface area contributed by atoms with E-state index in [0.29, 0.717) is 42.2 Å². The maximum atomic E-state index is 12.7. The number of benzene rings is 2. The quantitative estimate of drug-likeness (QED) is 0.469. The largest absolute Gasteiger partial charge is 0.507 e. The van der Waals surface area contributed by atoms with Crippen LogP contribution < -0.4 is 9.64 Å². The number of aromatic hydroxyl groups is 1. The Morgan fingerprint density at radius 1 is 1.14 bits per heavy atom. The first-order valence-corrected chi connectivity index (χ1v) is 8.98. The van der Waals surface area contributed by atoms with E-state index in [9.17, 15) is 20.0 Å². The van der Waals surface area contributed by atoms with E-state index in [1.807, 2.05) is 0 Å². The monoisotopic (exact) mass is 383 g/mol. The van der Waals surface area contributed by atoms with Gasteiger partial charge < -0.3 is 19.5 Å². The number of fused-ring (bicyclic) bond motifs is 1. The molecular formula is C20H19N2O6+. The molecule has 144 valence electrons. The van der Waals surface area contributed by atoms with Crippen LogP contribution in [-0.4, -0.2) is 42.1 Å². The highest BCUT2D eigenvalue weighted by Crippen LogP contribution is 2.39. The minimum atomic E-state index is -0.479. The van der Waals surface area contributed by atoms with E-state index in [1.54, 1.807) is 24.3 Å². The Balaban J connectivity index is 1.62. The first kappa shape index (κ1) is 18.1. The average Bonchev–Trinajstić information content (AvgIpc) is 3.01. The molecule has 0 saturated carbocycles. The molecule has 0 unspecified atom stereocenters. The molecular weight excluding hydrogens is 364 g/mol. The molecule has 8 nitrogen and oxygen atoms in total. The maximum Gasteiger partial charge on any atom is 0.269 e. The third-order valence-electron chi connectivity index (χ3n) is 4.94. The topological polar surface area (TPSA) is 103 Å². The summed E-state index contributed by atoms with van der Waals surface area (Å²) in [5.74, 6) is 0.346. The van der Waals surface area contributed by atoms with Crippen LogP contribution in [0.3, 0.4) is 0 Å². The molecule has 1 fully saturated rings. The molecule has 0 aliphatic carbocycles. The summed E-state index contributed by atoms with van der Waals surface area (Å²) >= 11 is 0. The number of ether oxygens (including phenoxy) is 2. The van der Waals surface area contributed by atoms with Crippen molar-refractivity contribution in [3.63, 3.8) is 0 Å². The molecule has 2 aliphatic heterocycles. The van der Waals surface area contributed by atoms with Gasteiger partial charge in [0.15, 0.2) is 11.5 Å². The summed E-state index contributed by atoms with van der Waals surface area (Å²) in [4.78, 5) is 24.3. The highest BCUT2D eigenvalue weighted by Gasteiger charge is 2.32. The number of nitrogens with zero attached hydrogens (tertiary/aromatic N) is 1. The molecule has 0 amide bonds. The predicted octanol–water partition coefficient (Wildman–Crippen LogP) is 1.33. The van der Waals surface area contributed by atoms with E-state index in [1.165, 1.54) is 23.1 Å². The van der Waals surface area contributed by atoms with Crippen molar-refractivity contribution < 1.29 is 29.2 Å². The second-order valence-electron chi connectivity index (χ2n) is 6.77. The fraction of sp³-hybridized carbons (Fsp3) is 0.250. The van der Waals surface area contributed by atoms with Crippen LogP contribution in [0.4, 0.5) is 5.69 Å². The van der Waals surface area contributed by atoms with Crippen molar-refractivity contribution in [1.82, 2.24) is 0 Å². The minimum Gasteiger partial charge on any atom is -0.507 e. The number of allylic oxidation sites excluding steroid dienone is 1. The first-order valence-electron chi connectivity index (χ1n) is 8.98. The highest BCUT2D eigenvalue weighted by atomic mass is 16.6. The number of hydrogen-bond acceptors (Lipinski definition) is 6. The molecule has 0 radical (unpaired) electrons. The van der Waals surface area contributed by atoms with Gasteiger partial charge in [-0.15, -0.1) is 0 Å². The van der Waals surface area contributed by atoms with Gasteiger partial charge in [-0.25, -0.2) is 0 Å². The predicted molar refractivity (Wildman–Crippen MR) is 99.4 cm³/mol. The minimum absolute atomic E-state index is 0.0233. The molecule has 0 bridgehead atoms. The molecule has 0 atom stereocenters. The third-order valence-corrected chi connectivity index (χ3v) is 4.94. The fourth-order valence-electron chi connectivity index (χ4n) is 3.40. The van der Waals surface area contributed by atoms with Crippen LogP contribution >= 0.6 is 0 Å². The second-order valence-corrected chi connectivity index (χ2v) is 6.77. The molecule has 2 aliphatic rings. The number of non-ortho nitro benzene ring substituents is 1. The van der Waals surface area contributed by atoms with Crippen LogP contribution in [-0.2, 0) is 11.3 Å². The van der Waals surface area contributed by atoms with Gasteiger partial charge in [-0.05, 0) is 35.9 Å². The summed E-state index contributed by atoms with van der Waals surface area (Å²) in [5, 5.41) is 21.1. The van der Waals surface area contributed by atoms with Crippen molar-refractivity contribution in [3.05, 3.63) is 69.0 Å². The molecule has 28 heavy (non-hydrogen) atoms. The Kier molecular flexibility index (Phi) is 4.81. The van der Waals surface area contributed by atoms with E-state index in [2.05, 4.69) is 0 Å². The number of phenolic OH excluding ortho intramolecular Hbond substituents is 1. The maximum absolute atomic E-state index is 12.7. The summed E-state index contributed by atoms with van der Waals surface area (Å²) in [5.41, 5.74) is 1.61. The molecule has 1 saturated heterocycles. The van der Waals surface area contributed by atoms with Crippen molar-refractivity contribution in [1.29, 1.82) is 0 Å². The van der Waals surface area contributed by atoms with Gasteiger partial charge in [-0.3, -0.25) is 14.9 Å². The van der Waals surface area contributed by atoms with Gasteiger partial charge in [0.2, 0.25) is 5.78 Å². The molecule has 2 aromatic carbocycles. The number of phenols is 1. The summed E-state index contributed by atoms with van der Waals surface area (Å²) in [6, 6.07) is 8.93. The number of hydrogen-bond donors (Lipinski definition) is 2. The smallest absolute Gasteiger partial charge is 0.269 e. The summed E-state index contributed by atoms with van der Waals surface area (Å²) in [6.07, 6.45) is 1.55. The van der Waals surface area contributed by atoms with Crippen LogP contribution in [0.1, 0.15) is 21.5 Å². The van der Waals surface area contributed by atoms with E-state index in [-0.39, 0.29) is 23.0 Å². The molecule has 4 rings (SSSR count). The third kappa shape index (κ3) is 3.47. The van der Waals surface area contributed by atoms with E-state index in [0.717, 1.165) is 13.1 Å². The molecule has 2 aromatic rings. The van der Waals surface area contributed by atoms with Crippen molar-refractivity contribution in [2.24, 2.45) is 0 Å². The van der Waals surface area contributed by atoms with Gasteiger partial charge in [0.05, 0.1) is 29.3 Å². The zero-order valence-electron chi connectivity index (χ0n) is 15.0. The van der Waals surface area contributed by atoms with E-state index in [4.69, 9.17) is 9.47 Å². The van der Waals surface area contributed by atoms with Crippen molar-refractivity contribution in [3.8, 4) is 11.5 Å². The lowest BCUT2D eigenvalue weighted by atomic mass is 10.0. The van der Waals surface area contributed by atoms with Crippen LogP contribution in [0, 0.1) is 10.1 Å². The normalized spacial score (nSPS) is 18.1. The lowest BCUT2D eigenvalue weighted by molar-refractivity contribution is -0.921. The number of carbonyl (C=O) groups is 1. The zero-order valence-corrected chi connectivity index (χ0v) is 15.0. The number of morpholine rings is 1.